The minimum Gasteiger partial charge on any atom is -0.456 e. The number of fused-ring (bicyclic) bond motifs is 3. The van der Waals surface area contributed by atoms with Gasteiger partial charge in [0.05, 0.1) is 23.6 Å². The molecular formula is C24H20N4O2. The minimum atomic E-state index is 0.201. The van der Waals surface area contributed by atoms with E-state index in [-0.39, 0.29) is 6.61 Å². The molecule has 0 aliphatic carbocycles. The topological polar surface area (TPSA) is 83.9 Å². The molecular weight excluding hydrogens is 376 g/mol. The Morgan fingerprint density at radius 3 is 2.60 bits per heavy atom. The first-order valence-corrected chi connectivity index (χ1v) is 9.86. The van der Waals surface area contributed by atoms with Crippen LogP contribution in [-0.2, 0) is 6.42 Å². The Morgan fingerprint density at radius 1 is 0.900 bits per heavy atom. The fraction of sp³-hybridized carbons (Fsp3) is 0.125. The zero-order valence-electron chi connectivity index (χ0n) is 16.2. The van der Waals surface area contributed by atoms with Gasteiger partial charge in [-0.2, -0.15) is 0 Å². The lowest BCUT2D eigenvalue weighted by Crippen LogP contribution is -1.90. The summed E-state index contributed by atoms with van der Waals surface area (Å²) in [6, 6.07) is 15.9. The van der Waals surface area contributed by atoms with E-state index in [2.05, 4.69) is 19.9 Å². The highest BCUT2D eigenvalue weighted by Gasteiger charge is 2.10. The normalized spacial score (nSPS) is 11.2. The maximum Gasteiger partial charge on any atom is 0.146 e. The van der Waals surface area contributed by atoms with Crippen LogP contribution < -0.4 is 4.74 Å². The van der Waals surface area contributed by atoms with Crippen molar-refractivity contribution in [1.82, 2.24) is 19.9 Å². The molecule has 5 rings (SSSR count). The second kappa shape index (κ2) is 7.93. The molecule has 0 radical (unpaired) electrons. The zero-order valence-corrected chi connectivity index (χ0v) is 16.2. The highest BCUT2D eigenvalue weighted by Crippen LogP contribution is 2.31. The number of aromatic nitrogens is 4. The highest BCUT2D eigenvalue weighted by atomic mass is 16.5. The Bertz CT molecular complexity index is 1300. The summed E-state index contributed by atoms with van der Waals surface area (Å²) in [5.74, 6) is 1.42. The SMILES string of the molecule is OCCCc1ccc(Oc2cnc3[nH]c4cnc(-c5cccnc5)cc4c3c2)cc1. The van der Waals surface area contributed by atoms with Crippen molar-refractivity contribution >= 4 is 21.9 Å². The van der Waals surface area contributed by atoms with Crippen molar-refractivity contribution in [3.8, 4) is 22.8 Å². The van der Waals surface area contributed by atoms with E-state index in [1.807, 2.05) is 54.7 Å². The molecule has 0 spiro atoms. The smallest absolute Gasteiger partial charge is 0.146 e. The van der Waals surface area contributed by atoms with Crippen LogP contribution in [0.2, 0.25) is 0 Å². The van der Waals surface area contributed by atoms with Gasteiger partial charge in [-0.1, -0.05) is 12.1 Å². The molecule has 148 valence electrons. The van der Waals surface area contributed by atoms with Gasteiger partial charge in [0.1, 0.15) is 17.1 Å². The fourth-order valence-electron chi connectivity index (χ4n) is 3.53. The average Bonchev–Trinajstić information content (AvgIpc) is 3.16. The molecule has 0 saturated carbocycles. The third-order valence-electron chi connectivity index (χ3n) is 5.05. The van der Waals surface area contributed by atoms with Gasteiger partial charge in [-0.05, 0) is 54.8 Å². The van der Waals surface area contributed by atoms with E-state index in [1.54, 1.807) is 18.6 Å². The molecule has 0 bridgehead atoms. The summed E-state index contributed by atoms with van der Waals surface area (Å²) >= 11 is 0. The Labute approximate surface area is 173 Å². The Kier molecular flexibility index (Phi) is 4.83. The third kappa shape index (κ3) is 3.60. The second-order valence-corrected chi connectivity index (χ2v) is 7.12. The van der Waals surface area contributed by atoms with Gasteiger partial charge in [0.2, 0.25) is 0 Å². The first kappa shape index (κ1) is 18.3. The van der Waals surface area contributed by atoms with Crippen LogP contribution in [0.5, 0.6) is 11.5 Å². The summed E-state index contributed by atoms with van der Waals surface area (Å²) in [5, 5.41) is 11.0. The molecule has 4 heterocycles. The molecule has 4 aromatic heterocycles. The number of aliphatic hydroxyl groups is 1. The van der Waals surface area contributed by atoms with Gasteiger partial charge in [0.25, 0.3) is 0 Å². The third-order valence-corrected chi connectivity index (χ3v) is 5.05. The number of ether oxygens (including phenoxy) is 1. The van der Waals surface area contributed by atoms with Gasteiger partial charge < -0.3 is 14.8 Å². The quantitative estimate of drug-likeness (QED) is 0.427. The second-order valence-electron chi connectivity index (χ2n) is 7.12. The van der Waals surface area contributed by atoms with Gasteiger partial charge in [0, 0.05) is 35.3 Å². The number of aliphatic hydroxyl groups excluding tert-OH is 1. The number of nitrogens with one attached hydrogen (secondary N) is 1. The molecule has 6 nitrogen and oxygen atoms in total. The number of hydrogen-bond donors (Lipinski definition) is 2. The van der Waals surface area contributed by atoms with E-state index in [9.17, 15) is 0 Å². The van der Waals surface area contributed by atoms with Crippen LogP contribution >= 0.6 is 0 Å². The predicted molar refractivity (Wildman–Crippen MR) is 117 cm³/mol. The van der Waals surface area contributed by atoms with Crippen molar-refractivity contribution in [2.75, 3.05) is 6.61 Å². The van der Waals surface area contributed by atoms with Crippen molar-refractivity contribution in [3.63, 3.8) is 0 Å². The van der Waals surface area contributed by atoms with Crippen LogP contribution in [-0.4, -0.2) is 31.6 Å². The minimum absolute atomic E-state index is 0.201. The molecule has 30 heavy (non-hydrogen) atoms. The first-order valence-electron chi connectivity index (χ1n) is 9.86. The number of benzene rings is 1. The van der Waals surface area contributed by atoms with Crippen LogP contribution in [0.1, 0.15) is 12.0 Å². The van der Waals surface area contributed by atoms with Gasteiger partial charge in [0.15, 0.2) is 0 Å². The maximum atomic E-state index is 8.96. The summed E-state index contributed by atoms with van der Waals surface area (Å²) in [7, 11) is 0. The number of aromatic amines is 1. The lowest BCUT2D eigenvalue weighted by atomic mass is 10.1. The van der Waals surface area contributed by atoms with Gasteiger partial charge in [-0.3, -0.25) is 9.97 Å². The number of rotatable bonds is 6. The Hall–Kier alpha value is -3.77. The molecule has 0 aliphatic rings. The summed E-state index contributed by atoms with van der Waals surface area (Å²) in [6.45, 7) is 0.201. The molecule has 6 heteroatoms. The molecule has 2 N–H and O–H groups in total. The summed E-state index contributed by atoms with van der Waals surface area (Å²) in [4.78, 5) is 16.6. The number of H-pyrrole nitrogens is 1. The monoisotopic (exact) mass is 396 g/mol. The van der Waals surface area contributed by atoms with E-state index in [4.69, 9.17) is 9.84 Å². The van der Waals surface area contributed by atoms with Crippen molar-refractivity contribution < 1.29 is 9.84 Å². The van der Waals surface area contributed by atoms with Crippen molar-refractivity contribution in [2.24, 2.45) is 0 Å². The van der Waals surface area contributed by atoms with Crippen LogP contribution in [0.4, 0.5) is 0 Å². The largest absolute Gasteiger partial charge is 0.456 e. The number of nitrogens with zero attached hydrogens (tertiary/aromatic N) is 3. The maximum absolute atomic E-state index is 8.96. The Balaban J connectivity index is 1.47. The molecule has 5 aromatic rings. The average molecular weight is 396 g/mol. The van der Waals surface area contributed by atoms with Gasteiger partial charge in [-0.25, -0.2) is 4.98 Å². The van der Waals surface area contributed by atoms with E-state index in [0.29, 0.717) is 5.75 Å². The van der Waals surface area contributed by atoms with Crippen molar-refractivity contribution in [1.29, 1.82) is 0 Å². The van der Waals surface area contributed by atoms with Crippen molar-refractivity contribution in [3.05, 3.63) is 78.9 Å². The predicted octanol–water partition coefficient (Wildman–Crippen LogP) is 4.89. The van der Waals surface area contributed by atoms with Crippen LogP contribution in [0, 0.1) is 0 Å². The Morgan fingerprint density at radius 2 is 1.80 bits per heavy atom. The van der Waals surface area contributed by atoms with E-state index in [0.717, 1.165) is 51.8 Å². The summed E-state index contributed by atoms with van der Waals surface area (Å²) < 4.78 is 6.03. The first-order chi connectivity index (χ1) is 14.8. The molecule has 0 amide bonds. The number of aryl methyl sites for hydroxylation is 1. The highest BCUT2D eigenvalue weighted by molar-refractivity contribution is 6.06. The van der Waals surface area contributed by atoms with Crippen LogP contribution in [0.3, 0.4) is 0 Å². The lowest BCUT2D eigenvalue weighted by molar-refractivity contribution is 0.288. The standard InChI is InChI=1S/C24H20N4O2/c29-10-2-3-16-5-7-18(8-6-16)30-19-11-21-20-12-22(17-4-1-9-25-13-17)26-15-23(20)28-24(21)27-14-19/h1,4-9,11-15,29H,2-3,10H2,(H,27,28). The van der Waals surface area contributed by atoms with E-state index < -0.39 is 0 Å². The van der Waals surface area contributed by atoms with Gasteiger partial charge >= 0.3 is 0 Å². The molecule has 0 saturated heterocycles. The molecule has 1 aromatic carbocycles. The zero-order chi connectivity index (χ0) is 20.3. The summed E-state index contributed by atoms with van der Waals surface area (Å²) in [5.41, 5.74) is 4.73. The number of pyridine rings is 3. The van der Waals surface area contributed by atoms with Crippen LogP contribution in [0.25, 0.3) is 33.2 Å². The van der Waals surface area contributed by atoms with Crippen molar-refractivity contribution in [2.45, 2.75) is 12.8 Å². The molecule has 0 aliphatic heterocycles. The number of hydrogen-bond acceptors (Lipinski definition) is 5. The van der Waals surface area contributed by atoms with Gasteiger partial charge in [-0.15, -0.1) is 0 Å². The van der Waals surface area contributed by atoms with E-state index in [1.165, 1.54) is 5.56 Å². The molecule has 0 unspecified atom stereocenters. The molecule has 0 fully saturated rings. The van der Waals surface area contributed by atoms with Crippen LogP contribution in [0.15, 0.2) is 73.3 Å². The lowest BCUT2D eigenvalue weighted by Gasteiger charge is -2.07. The fourth-order valence-corrected chi connectivity index (χ4v) is 3.53. The molecule has 0 atom stereocenters. The van der Waals surface area contributed by atoms with E-state index >= 15 is 0 Å². The summed E-state index contributed by atoms with van der Waals surface area (Å²) in [6.07, 6.45) is 8.71.